The van der Waals surface area contributed by atoms with Crippen LogP contribution in [0.3, 0.4) is 0 Å². The van der Waals surface area contributed by atoms with Crippen molar-refractivity contribution in [3.8, 4) is 0 Å². The highest BCUT2D eigenvalue weighted by atomic mass is 16.2. The fourth-order valence-corrected chi connectivity index (χ4v) is 1.54. The molecule has 0 aliphatic heterocycles. The molecule has 1 heterocycles. The molecule has 0 aliphatic rings. The molecule has 1 aromatic carbocycles. The smallest absolute Gasteiger partial charge is 0.307 e. The number of benzene rings is 1. The first-order chi connectivity index (χ1) is 8.16. The van der Waals surface area contributed by atoms with E-state index >= 15 is 0 Å². The van der Waals surface area contributed by atoms with Crippen LogP contribution < -0.4 is 5.32 Å². The van der Waals surface area contributed by atoms with E-state index in [1.807, 2.05) is 18.2 Å². The molecular formula is C13H15N3O. The van der Waals surface area contributed by atoms with E-state index in [0.717, 1.165) is 5.69 Å². The Kier molecular flexibility index (Phi) is 3.23. The van der Waals surface area contributed by atoms with Crippen LogP contribution >= 0.6 is 0 Å². The molecule has 0 atom stereocenters. The number of carbonyl (C=O) groups is 1. The Labute approximate surface area is 100 Å². The SMILES string of the molecule is CC(C)c1cccc(NC(=O)n2ccnc2)c1. The topological polar surface area (TPSA) is 46.9 Å². The summed E-state index contributed by atoms with van der Waals surface area (Å²) in [5.74, 6) is 0.445. The molecule has 0 spiro atoms. The number of imidazole rings is 1. The molecule has 0 bridgehead atoms. The van der Waals surface area contributed by atoms with Crippen molar-refractivity contribution < 1.29 is 4.79 Å². The zero-order valence-electron chi connectivity index (χ0n) is 9.92. The van der Waals surface area contributed by atoms with Gasteiger partial charge in [0.2, 0.25) is 0 Å². The van der Waals surface area contributed by atoms with Gasteiger partial charge in [0.05, 0.1) is 0 Å². The largest absolute Gasteiger partial charge is 0.331 e. The predicted octanol–water partition coefficient (Wildman–Crippen LogP) is 3.09. The van der Waals surface area contributed by atoms with E-state index in [1.165, 1.54) is 16.5 Å². The summed E-state index contributed by atoms with van der Waals surface area (Å²) in [5, 5.41) is 2.82. The summed E-state index contributed by atoms with van der Waals surface area (Å²) in [7, 11) is 0. The molecule has 1 N–H and O–H groups in total. The monoisotopic (exact) mass is 229 g/mol. The fraction of sp³-hybridized carbons (Fsp3) is 0.231. The first-order valence-electron chi connectivity index (χ1n) is 5.56. The highest BCUT2D eigenvalue weighted by molar-refractivity contribution is 5.90. The van der Waals surface area contributed by atoms with Crippen LogP contribution in [0.25, 0.3) is 0 Å². The lowest BCUT2D eigenvalue weighted by Crippen LogP contribution is -2.17. The number of aromatic nitrogens is 2. The van der Waals surface area contributed by atoms with Gasteiger partial charge < -0.3 is 5.32 Å². The van der Waals surface area contributed by atoms with Crippen molar-refractivity contribution in [1.82, 2.24) is 9.55 Å². The van der Waals surface area contributed by atoms with Gasteiger partial charge in [0.25, 0.3) is 0 Å². The van der Waals surface area contributed by atoms with Crippen molar-refractivity contribution in [3.63, 3.8) is 0 Å². The fourth-order valence-electron chi connectivity index (χ4n) is 1.54. The van der Waals surface area contributed by atoms with Crippen molar-refractivity contribution in [2.75, 3.05) is 5.32 Å². The maximum Gasteiger partial charge on any atom is 0.331 e. The summed E-state index contributed by atoms with van der Waals surface area (Å²) >= 11 is 0. The second-order valence-corrected chi connectivity index (χ2v) is 4.18. The van der Waals surface area contributed by atoms with Gasteiger partial charge in [-0.2, -0.15) is 0 Å². The van der Waals surface area contributed by atoms with Gasteiger partial charge >= 0.3 is 6.03 Å². The molecule has 0 aliphatic carbocycles. The number of anilines is 1. The number of nitrogens with one attached hydrogen (secondary N) is 1. The lowest BCUT2D eigenvalue weighted by Gasteiger charge is -2.09. The maximum atomic E-state index is 11.8. The molecule has 17 heavy (non-hydrogen) atoms. The lowest BCUT2D eigenvalue weighted by atomic mass is 10.0. The van der Waals surface area contributed by atoms with Crippen LogP contribution in [0.4, 0.5) is 10.5 Å². The summed E-state index contributed by atoms with van der Waals surface area (Å²) in [5.41, 5.74) is 2.00. The molecule has 0 radical (unpaired) electrons. The highest BCUT2D eigenvalue weighted by Crippen LogP contribution is 2.18. The van der Waals surface area contributed by atoms with Gasteiger partial charge in [-0.1, -0.05) is 26.0 Å². The number of hydrogen-bond acceptors (Lipinski definition) is 2. The van der Waals surface area contributed by atoms with Crippen LogP contribution in [-0.4, -0.2) is 15.6 Å². The molecule has 1 amide bonds. The highest BCUT2D eigenvalue weighted by Gasteiger charge is 2.05. The third kappa shape index (κ3) is 2.72. The van der Waals surface area contributed by atoms with Gasteiger partial charge in [0, 0.05) is 18.1 Å². The number of amides is 1. The summed E-state index contributed by atoms with van der Waals surface area (Å²) in [6.07, 6.45) is 4.66. The average Bonchev–Trinajstić information content (AvgIpc) is 2.82. The minimum atomic E-state index is -0.205. The summed E-state index contributed by atoms with van der Waals surface area (Å²) < 4.78 is 1.40. The summed E-state index contributed by atoms with van der Waals surface area (Å²) in [4.78, 5) is 15.6. The standard InChI is InChI=1S/C13H15N3O/c1-10(2)11-4-3-5-12(8-11)15-13(17)16-7-6-14-9-16/h3-10H,1-2H3,(H,15,17). The van der Waals surface area contributed by atoms with Crippen LogP contribution in [0, 0.1) is 0 Å². The van der Waals surface area contributed by atoms with Crippen LogP contribution in [-0.2, 0) is 0 Å². The van der Waals surface area contributed by atoms with Gasteiger partial charge in [0.15, 0.2) is 0 Å². The summed E-state index contributed by atoms with van der Waals surface area (Å²) in [6, 6.07) is 7.65. The van der Waals surface area contributed by atoms with Gasteiger partial charge in [-0.3, -0.25) is 4.57 Å². The molecule has 0 saturated heterocycles. The molecule has 4 nitrogen and oxygen atoms in total. The van der Waals surface area contributed by atoms with Crippen molar-refractivity contribution >= 4 is 11.7 Å². The van der Waals surface area contributed by atoms with Crippen molar-refractivity contribution in [1.29, 1.82) is 0 Å². The van der Waals surface area contributed by atoms with Crippen LogP contribution in [0.5, 0.6) is 0 Å². The van der Waals surface area contributed by atoms with E-state index in [9.17, 15) is 4.79 Å². The molecule has 88 valence electrons. The number of carbonyl (C=O) groups excluding carboxylic acids is 1. The minimum Gasteiger partial charge on any atom is -0.307 e. The molecule has 1 aromatic heterocycles. The minimum absolute atomic E-state index is 0.205. The maximum absolute atomic E-state index is 11.8. The Morgan fingerprint density at radius 1 is 1.41 bits per heavy atom. The lowest BCUT2D eigenvalue weighted by molar-refractivity contribution is 0.253. The Hall–Kier alpha value is -2.10. The van der Waals surface area contributed by atoms with Crippen LogP contribution in [0.2, 0.25) is 0 Å². The second kappa shape index (κ2) is 4.82. The number of nitrogens with zero attached hydrogens (tertiary/aromatic N) is 2. The van der Waals surface area contributed by atoms with Crippen molar-refractivity contribution in [2.45, 2.75) is 19.8 Å². The molecular weight excluding hydrogens is 214 g/mol. The molecule has 0 fully saturated rings. The molecule has 0 unspecified atom stereocenters. The first kappa shape index (κ1) is 11.4. The molecule has 2 rings (SSSR count). The number of hydrogen-bond donors (Lipinski definition) is 1. The average molecular weight is 229 g/mol. The normalized spacial score (nSPS) is 10.5. The predicted molar refractivity (Wildman–Crippen MR) is 67.2 cm³/mol. The Morgan fingerprint density at radius 3 is 2.88 bits per heavy atom. The van der Waals surface area contributed by atoms with E-state index in [4.69, 9.17) is 0 Å². The molecule has 2 aromatic rings. The van der Waals surface area contributed by atoms with Crippen molar-refractivity contribution in [2.24, 2.45) is 0 Å². The van der Waals surface area contributed by atoms with E-state index in [-0.39, 0.29) is 6.03 Å². The third-order valence-electron chi connectivity index (χ3n) is 2.54. The number of rotatable bonds is 2. The first-order valence-corrected chi connectivity index (χ1v) is 5.56. The van der Waals surface area contributed by atoms with Crippen molar-refractivity contribution in [3.05, 3.63) is 48.5 Å². The van der Waals surface area contributed by atoms with E-state index < -0.39 is 0 Å². The van der Waals surface area contributed by atoms with E-state index in [0.29, 0.717) is 5.92 Å². The third-order valence-corrected chi connectivity index (χ3v) is 2.54. The van der Waals surface area contributed by atoms with E-state index in [1.54, 1.807) is 12.4 Å². The van der Waals surface area contributed by atoms with Gasteiger partial charge in [0.1, 0.15) is 6.33 Å². The molecule has 4 heteroatoms. The van der Waals surface area contributed by atoms with Gasteiger partial charge in [-0.25, -0.2) is 9.78 Å². The Bertz CT molecular complexity index is 503. The van der Waals surface area contributed by atoms with Crippen LogP contribution in [0.1, 0.15) is 25.3 Å². The molecule has 0 saturated carbocycles. The van der Waals surface area contributed by atoms with Gasteiger partial charge in [-0.15, -0.1) is 0 Å². The quantitative estimate of drug-likeness (QED) is 0.860. The van der Waals surface area contributed by atoms with Gasteiger partial charge in [-0.05, 0) is 23.6 Å². The van der Waals surface area contributed by atoms with Crippen LogP contribution in [0.15, 0.2) is 43.0 Å². The summed E-state index contributed by atoms with van der Waals surface area (Å²) in [6.45, 7) is 4.24. The zero-order chi connectivity index (χ0) is 12.3. The Balaban J connectivity index is 2.14. The Morgan fingerprint density at radius 2 is 2.24 bits per heavy atom. The zero-order valence-corrected chi connectivity index (χ0v) is 9.92. The van der Waals surface area contributed by atoms with E-state index in [2.05, 4.69) is 30.2 Å². The second-order valence-electron chi connectivity index (χ2n) is 4.18.